The molecule has 1 heterocycles. The zero-order valence-electron chi connectivity index (χ0n) is 11.4. The van der Waals surface area contributed by atoms with Crippen LogP contribution < -0.4 is 5.32 Å². The lowest BCUT2D eigenvalue weighted by molar-refractivity contribution is 0.102. The number of carbonyl (C=O) groups is 1. The molecule has 0 aliphatic carbocycles. The molecule has 0 unspecified atom stereocenters. The van der Waals surface area contributed by atoms with Crippen molar-refractivity contribution >= 4 is 55.6 Å². The fourth-order valence-electron chi connectivity index (χ4n) is 1.51. The molecular weight excluding hydrogens is 441 g/mol. The van der Waals surface area contributed by atoms with E-state index in [9.17, 15) is 13.2 Å². The maximum Gasteiger partial charge on any atom is 0.275 e. The second kappa shape index (κ2) is 6.88. The number of benzene rings is 1. The molecule has 1 aromatic heterocycles. The van der Waals surface area contributed by atoms with Gasteiger partial charge in [-0.1, -0.05) is 18.5 Å². The van der Waals surface area contributed by atoms with Gasteiger partial charge >= 0.3 is 0 Å². The van der Waals surface area contributed by atoms with Gasteiger partial charge in [-0.15, -0.1) is 0 Å². The van der Waals surface area contributed by atoms with E-state index in [1.807, 2.05) is 12.1 Å². The summed E-state index contributed by atoms with van der Waals surface area (Å²) in [6, 6.07) is 7.09. The van der Waals surface area contributed by atoms with Crippen LogP contribution in [-0.2, 0) is 9.84 Å². The van der Waals surface area contributed by atoms with Crippen LogP contribution in [0.15, 0.2) is 35.6 Å². The van der Waals surface area contributed by atoms with Crippen LogP contribution >= 0.6 is 34.2 Å². The number of rotatable bonds is 4. The van der Waals surface area contributed by atoms with Crippen LogP contribution in [0, 0.1) is 3.57 Å². The Morgan fingerprint density at radius 1 is 1.32 bits per heavy atom. The lowest BCUT2D eigenvalue weighted by Crippen LogP contribution is -2.18. The van der Waals surface area contributed by atoms with Crippen LogP contribution in [0.1, 0.15) is 17.4 Å². The Morgan fingerprint density at radius 2 is 1.95 bits per heavy atom. The highest BCUT2D eigenvalue weighted by Gasteiger charge is 2.20. The molecule has 0 aliphatic heterocycles. The predicted molar refractivity (Wildman–Crippen MR) is 91.9 cm³/mol. The number of aromatic nitrogens is 2. The molecule has 1 aromatic carbocycles. The second-order valence-corrected chi connectivity index (χ2v) is 8.04. The molecule has 116 valence electrons. The molecule has 1 amide bonds. The Hall–Kier alpha value is -1.26. The monoisotopic (exact) mass is 451 g/mol. The first-order valence-corrected chi connectivity index (χ1v) is 9.26. The van der Waals surface area contributed by atoms with Crippen molar-refractivity contribution < 1.29 is 13.2 Å². The van der Waals surface area contributed by atoms with Gasteiger partial charge in [0, 0.05) is 9.26 Å². The van der Waals surface area contributed by atoms with Crippen LogP contribution in [0.5, 0.6) is 0 Å². The molecule has 6 nitrogen and oxygen atoms in total. The van der Waals surface area contributed by atoms with Gasteiger partial charge in [0.2, 0.25) is 15.0 Å². The van der Waals surface area contributed by atoms with E-state index in [0.29, 0.717) is 5.69 Å². The zero-order valence-corrected chi connectivity index (χ0v) is 15.1. The maximum absolute atomic E-state index is 12.2. The molecule has 0 aliphatic rings. The van der Waals surface area contributed by atoms with Crippen molar-refractivity contribution in [2.75, 3.05) is 11.1 Å². The zero-order chi connectivity index (χ0) is 16.3. The third kappa shape index (κ3) is 3.93. The summed E-state index contributed by atoms with van der Waals surface area (Å²) >= 11 is 8.04. The van der Waals surface area contributed by atoms with E-state index in [2.05, 4.69) is 37.9 Å². The minimum Gasteiger partial charge on any atom is -0.321 e. The molecule has 2 rings (SSSR count). The Morgan fingerprint density at radius 3 is 2.55 bits per heavy atom. The summed E-state index contributed by atoms with van der Waals surface area (Å²) in [5.41, 5.74) is 0.377. The van der Waals surface area contributed by atoms with Crippen molar-refractivity contribution in [3.63, 3.8) is 0 Å². The van der Waals surface area contributed by atoms with Gasteiger partial charge in [0.05, 0.1) is 17.0 Å². The van der Waals surface area contributed by atoms with Gasteiger partial charge in [-0.05, 0) is 46.9 Å². The SMILES string of the molecule is CCS(=O)(=O)c1ncc(Cl)c(C(=O)Nc2ccc(I)cc2)n1. The largest absolute Gasteiger partial charge is 0.321 e. The van der Waals surface area contributed by atoms with Crippen LogP contribution in [-0.4, -0.2) is 30.0 Å². The Labute approximate surface area is 146 Å². The van der Waals surface area contributed by atoms with Crippen LogP contribution in [0.2, 0.25) is 5.02 Å². The van der Waals surface area contributed by atoms with Gasteiger partial charge in [-0.25, -0.2) is 18.4 Å². The van der Waals surface area contributed by atoms with Gasteiger partial charge in [-0.3, -0.25) is 4.79 Å². The van der Waals surface area contributed by atoms with Crippen molar-refractivity contribution in [2.24, 2.45) is 0 Å². The highest BCUT2D eigenvalue weighted by molar-refractivity contribution is 14.1. The molecule has 0 radical (unpaired) electrons. The maximum atomic E-state index is 12.2. The molecule has 0 spiro atoms. The number of anilines is 1. The average Bonchev–Trinajstić information content (AvgIpc) is 2.49. The first-order chi connectivity index (χ1) is 10.3. The van der Waals surface area contributed by atoms with Crippen molar-refractivity contribution in [2.45, 2.75) is 12.1 Å². The Bertz CT molecular complexity index is 810. The second-order valence-electron chi connectivity index (χ2n) is 4.21. The Balaban J connectivity index is 2.33. The van der Waals surface area contributed by atoms with E-state index in [0.717, 1.165) is 9.77 Å². The minimum absolute atomic E-state index is 0.0157. The summed E-state index contributed by atoms with van der Waals surface area (Å²) in [5, 5.41) is 2.19. The fourth-order valence-corrected chi connectivity index (χ4v) is 2.75. The van der Waals surface area contributed by atoms with Crippen molar-refractivity contribution in [3.05, 3.63) is 44.7 Å². The molecule has 22 heavy (non-hydrogen) atoms. The summed E-state index contributed by atoms with van der Waals surface area (Å²) < 4.78 is 24.6. The molecule has 2 aromatic rings. The molecule has 0 saturated heterocycles. The van der Waals surface area contributed by atoms with E-state index in [1.165, 1.54) is 6.92 Å². The third-order valence-corrected chi connectivity index (χ3v) is 5.21. The van der Waals surface area contributed by atoms with Crippen LogP contribution in [0.3, 0.4) is 0 Å². The highest BCUT2D eigenvalue weighted by atomic mass is 127. The third-order valence-electron chi connectivity index (χ3n) is 2.70. The van der Waals surface area contributed by atoms with Gasteiger partial charge in [0.1, 0.15) is 0 Å². The van der Waals surface area contributed by atoms with Gasteiger partial charge in [0.15, 0.2) is 5.69 Å². The quantitative estimate of drug-likeness (QED) is 0.570. The standard InChI is InChI=1S/C13H11ClIN3O3S/c1-2-22(20,21)13-16-7-10(14)11(18-13)12(19)17-9-5-3-8(15)4-6-9/h3-7H,2H2,1H3,(H,17,19). The molecule has 0 atom stereocenters. The molecule has 0 saturated carbocycles. The summed E-state index contributed by atoms with van der Waals surface area (Å²) in [7, 11) is -3.61. The first kappa shape index (κ1) is 17.1. The summed E-state index contributed by atoms with van der Waals surface area (Å²) in [5.74, 6) is -0.756. The molecule has 0 fully saturated rings. The summed E-state index contributed by atoms with van der Waals surface area (Å²) in [4.78, 5) is 19.7. The predicted octanol–water partition coefficient (Wildman–Crippen LogP) is 2.78. The van der Waals surface area contributed by atoms with Gasteiger partial charge < -0.3 is 5.32 Å². The minimum atomic E-state index is -3.61. The van der Waals surface area contributed by atoms with Crippen LogP contribution in [0.25, 0.3) is 0 Å². The lowest BCUT2D eigenvalue weighted by Gasteiger charge is -2.07. The fraction of sp³-hybridized carbons (Fsp3) is 0.154. The van der Waals surface area contributed by atoms with Gasteiger partial charge in [0.25, 0.3) is 5.91 Å². The summed E-state index contributed by atoms with van der Waals surface area (Å²) in [6.45, 7) is 1.47. The van der Waals surface area contributed by atoms with E-state index in [4.69, 9.17) is 11.6 Å². The summed E-state index contributed by atoms with van der Waals surface area (Å²) in [6.07, 6.45) is 1.11. The van der Waals surface area contributed by atoms with E-state index in [-0.39, 0.29) is 16.5 Å². The molecule has 0 bridgehead atoms. The smallest absolute Gasteiger partial charge is 0.275 e. The van der Waals surface area contributed by atoms with E-state index < -0.39 is 20.9 Å². The molecular formula is C13H11ClIN3O3S. The van der Waals surface area contributed by atoms with E-state index in [1.54, 1.807) is 12.1 Å². The number of halogens is 2. The van der Waals surface area contributed by atoms with Crippen molar-refractivity contribution in [1.82, 2.24) is 9.97 Å². The molecule has 1 N–H and O–H groups in total. The number of amides is 1. The number of carbonyl (C=O) groups excluding carboxylic acids is 1. The normalized spacial score (nSPS) is 11.2. The highest BCUT2D eigenvalue weighted by Crippen LogP contribution is 2.18. The number of hydrogen-bond donors (Lipinski definition) is 1. The number of hydrogen-bond acceptors (Lipinski definition) is 5. The first-order valence-electron chi connectivity index (χ1n) is 6.15. The van der Waals surface area contributed by atoms with E-state index >= 15 is 0 Å². The van der Waals surface area contributed by atoms with Crippen molar-refractivity contribution in [1.29, 1.82) is 0 Å². The van der Waals surface area contributed by atoms with Crippen LogP contribution in [0.4, 0.5) is 5.69 Å². The topological polar surface area (TPSA) is 89.0 Å². The Kier molecular flexibility index (Phi) is 5.35. The number of nitrogens with zero attached hydrogens (tertiary/aromatic N) is 2. The number of nitrogens with one attached hydrogen (secondary N) is 1. The number of sulfone groups is 1. The van der Waals surface area contributed by atoms with Gasteiger partial charge in [-0.2, -0.15) is 0 Å². The lowest BCUT2D eigenvalue weighted by atomic mass is 10.3. The van der Waals surface area contributed by atoms with Crippen molar-refractivity contribution in [3.8, 4) is 0 Å². The average molecular weight is 452 g/mol. The molecule has 9 heteroatoms.